The van der Waals surface area contributed by atoms with Crippen LogP contribution in [0.2, 0.25) is 0 Å². The molecule has 3 N–H and O–H groups in total. The number of rotatable bonds is 7. The van der Waals surface area contributed by atoms with Crippen LogP contribution in [0.4, 0.5) is 14.5 Å². The number of nitrogens with zero attached hydrogens (tertiary/aromatic N) is 2. The van der Waals surface area contributed by atoms with Crippen LogP contribution in [0.1, 0.15) is 42.6 Å². The van der Waals surface area contributed by atoms with Crippen molar-refractivity contribution in [2.24, 2.45) is 4.99 Å². The van der Waals surface area contributed by atoms with Crippen LogP contribution in [0.15, 0.2) is 47.5 Å². The van der Waals surface area contributed by atoms with Crippen LogP contribution < -0.4 is 20.9 Å². The van der Waals surface area contributed by atoms with E-state index in [0.29, 0.717) is 31.2 Å². The maximum atomic E-state index is 14.1. The highest BCUT2D eigenvalue weighted by Gasteiger charge is 2.27. The summed E-state index contributed by atoms with van der Waals surface area (Å²) in [5.41, 5.74) is 1.59. The van der Waals surface area contributed by atoms with Gasteiger partial charge in [-0.15, -0.1) is 24.0 Å². The molecule has 1 fully saturated rings. The van der Waals surface area contributed by atoms with Crippen molar-refractivity contribution in [1.82, 2.24) is 16.0 Å². The van der Waals surface area contributed by atoms with E-state index in [9.17, 15) is 13.6 Å². The van der Waals surface area contributed by atoms with Crippen molar-refractivity contribution >= 4 is 41.5 Å². The maximum absolute atomic E-state index is 14.1. The van der Waals surface area contributed by atoms with Gasteiger partial charge in [-0.1, -0.05) is 25.1 Å². The van der Waals surface area contributed by atoms with Gasteiger partial charge >= 0.3 is 0 Å². The van der Waals surface area contributed by atoms with Gasteiger partial charge in [0.2, 0.25) is 0 Å². The molecule has 1 heterocycles. The van der Waals surface area contributed by atoms with E-state index in [1.54, 1.807) is 18.0 Å². The predicted molar refractivity (Wildman–Crippen MR) is 139 cm³/mol. The van der Waals surface area contributed by atoms with E-state index in [4.69, 9.17) is 0 Å². The molecule has 1 aliphatic heterocycles. The molecule has 1 saturated heterocycles. The van der Waals surface area contributed by atoms with Crippen LogP contribution in [-0.2, 0) is 6.54 Å². The number of anilines is 1. The first-order chi connectivity index (χ1) is 15.4. The van der Waals surface area contributed by atoms with Crippen LogP contribution in [0.25, 0.3) is 0 Å². The predicted octanol–water partition coefficient (Wildman–Crippen LogP) is 4.06. The molecular weight excluding hydrogens is 539 g/mol. The first kappa shape index (κ1) is 26.8. The average Bonchev–Trinajstić information content (AvgIpc) is 3.24. The summed E-state index contributed by atoms with van der Waals surface area (Å²) in [6.07, 6.45) is 1.61. The number of carbonyl (C=O) groups excluding carboxylic acids is 1. The topological polar surface area (TPSA) is 68.8 Å². The summed E-state index contributed by atoms with van der Waals surface area (Å²) in [5.74, 6) is -0.591. The van der Waals surface area contributed by atoms with Crippen LogP contribution >= 0.6 is 24.0 Å². The molecule has 3 rings (SSSR count). The minimum absolute atomic E-state index is 0. The lowest BCUT2D eigenvalue weighted by Gasteiger charge is -2.21. The van der Waals surface area contributed by atoms with Gasteiger partial charge in [0, 0.05) is 44.3 Å². The molecule has 0 radical (unpaired) electrons. The number of guanidine groups is 1. The summed E-state index contributed by atoms with van der Waals surface area (Å²) in [7, 11) is 1.68. The van der Waals surface area contributed by atoms with Crippen molar-refractivity contribution in [1.29, 1.82) is 0 Å². The van der Waals surface area contributed by atoms with Crippen molar-refractivity contribution < 1.29 is 13.6 Å². The van der Waals surface area contributed by atoms with E-state index in [-0.39, 0.29) is 47.7 Å². The smallest absolute Gasteiger partial charge is 0.251 e. The Labute approximate surface area is 211 Å². The lowest BCUT2D eigenvalue weighted by Crippen LogP contribution is -2.44. The highest BCUT2D eigenvalue weighted by molar-refractivity contribution is 14.0. The zero-order valence-corrected chi connectivity index (χ0v) is 21.5. The Morgan fingerprint density at radius 3 is 2.58 bits per heavy atom. The third-order valence-electron chi connectivity index (χ3n) is 5.65. The Bertz CT molecular complexity index is 951. The van der Waals surface area contributed by atoms with Crippen LogP contribution in [0, 0.1) is 11.6 Å². The number of halogens is 3. The summed E-state index contributed by atoms with van der Waals surface area (Å²) in [5, 5.41) is 9.54. The van der Waals surface area contributed by atoms with Crippen LogP contribution in [0.5, 0.6) is 0 Å². The van der Waals surface area contributed by atoms with Gasteiger partial charge in [0.05, 0.1) is 0 Å². The van der Waals surface area contributed by atoms with Crippen LogP contribution in [-0.4, -0.2) is 44.1 Å². The standard InChI is InChI=1S/C24H31F2N5O.HI/c1-4-16(2)29-23(32)18-8-5-7-17(13-18)14-28-24(27-3)30-19-11-12-31(15-19)22-20(25)9-6-10-21(22)26;/h5-10,13,16,19H,4,11-12,14-15H2,1-3H3,(H,29,32)(H2,27,28,30);1H. The van der Waals surface area contributed by atoms with Gasteiger partial charge in [0.1, 0.15) is 17.3 Å². The van der Waals surface area contributed by atoms with E-state index in [0.717, 1.165) is 18.4 Å². The number of amides is 1. The Morgan fingerprint density at radius 1 is 1.21 bits per heavy atom. The van der Waals surface area contributed by atoms with Crippen LogP contribution in [0.3, 0.4) is 0 Å². The summed E-state index contributed by atoms with van der Waals surface area (Å²) >= 11 is 0. The lowest BCUT2D eigenvalue weighted by molar-refractivity contribution is 0.0939. The summed E-state index contributed by atoms with van der Waals surface area (Å²) in [6.45, 7) is 5.52. The van der Waals surface area contributed by atoms with Crippen molar-refractivity contribution in [2.75, 3.05) is 25.0 Å². The fourth-order valence-electron chi connectivity index (χ4n) is 3.68. The van der Waals surface area contributed by atoms with E-state index < -0.39 is 11.6 Å². The summed E-state index contributed by atoms with van der Waals surface area (Å²) < 4.78 is 28.2. The SMILES string of the molecule is CCC(C)NC(=O)c1cccc(CNC(=NC)NC2CCN(c3c(F)cccc3F)C2)c1.I. The van der Waals surface area contributed by atoms with E-state index in [1.165, 1.54) is 18.2 Å². The van der Waals surface area contributed by atoms with E-state index in [1.807, 2.05) is 32.0 Å². The van der Waals surface area contributed by atoms with Gasteiger partial charge in [-0.2, -0.15) is 0 Å². The molecule has 1 amide bonds. The highest BCUT2D eigenvalue weighted by atomic mass is 127. The molecule has 2 aromatic carbocycles. The molecule has 2 unspecified atom stereocenters. The number of para-hydroxylation sites is 1. The molecule has 33 heavy (non-hydrogen) atoms. The summed E-state index contributed by atoms with van der Waals surface area (Å²) in [4.78, 5) is 18.3. The Kier molecular flexibility index (Phi) is 10.3. The Morgan fingerprint density at radius 2 is 1.91 bits per heavy atom. The average molecular weight is 571 g/mol. The van der Waals surface area contributed by atoms with Gasteiger partial charge in [0.15, 0.2) is 5.96 Å². The molecule has 0 aliphatic carbocycles. The molecule has 9 heteroatoms. The van der Waals surface area contributed by atoms with Crippen molar-refractivity contribution in [3.63, 3.8) is 0 Å². The second-order valence-electron chi connectivity index (χ2n) is 8.06. The van der Waals surface area contributed by atoms with Gasteiger partial charge in [0.25, 0.3) is 5.91 Å². The van der Waals surface area contributed by atoms with E-state index in [2.05, 4.69) is 20.9 Å². The number of hydrogen-bond donors (Lipinski definition) is 3. The largest absolute Gasteiger partial charge is 0.365 e. The molecule has 180 valence electrons. The maximum Gasteiger partial charge on any atom is 0.251 e. The lowest BCUT2D eigenvalue weighted by atomic mass is 10.1. The molecule has 2 atom stereocenters. The minimum Gasteiger partial charge on any atom is -0.365 e. The first-order valence-electron chi connectivity index (χ1n) is 11.0. The number of hydrogen-bond acceptors (Lipinski definition) is 3. The zero-order valence-electron chi connectivity index (χ0n) is 19.2. The zero-order chi connectivity index (χ0) is 23.1. The first-order valence-corrected chi connectivity index (χ1v) is 11.0. The van der Waals surface area contributed by atoms with Gasteiger partial charge in [-0.3, -0.25) is 9.79 Å². The molecular formula is C24H32F2IN5O. The minimum atomic E-state index is -0.551. The Balaban J connectivity index is 0.00000385. The second-order valence-corrected chi connectivity index (χ2v) is 8.06. The number of aliphatic imine (C=N–C) groups is 1. The molecule has 1 aliphatic rings. The van der Waals surface area contributed by atoms with Crippen molar-refractivity contribution in [3.8, 4) is 0 Å². The molecule has 0 aromatic heterocycles. The van der Waals surface area contributed by atoms with Gasteiger partial charge in [-0.05, 0) is 49.6 Å². The Hall–Kier alpha value is -2.43. The van der Waals surface area contributed by atoms with E-state index >= 15 is 0 Å². The molecule has 6 nitrogen and oxygen atoms in total. The number of nitrogens with one attached hydrogen (secondary N) is 3. The molecule has 0 bridgehead atoms. The monoisotopic (exact) mass is 571 g/mol. The highest BCUT2D eigenvalue weighted by Crippen LogP contribution is 2.26. The number of benzene rings is 2. The van der Waals surface area contributed by atoms with Crippen molar-refractivity contribution in [3.05, 3.63) is 65.2 Å². The number of carbonyl (C=O) groups is 1. The second kappa shape index (κ2) is 12.7. The molecule has 0 saturated carbocycles. The fraction of sp³-hybridized carbons (Fsp3) is 0.417. The van der Waals surface area contributed by atoms with Gasteiger partial charge < -0.3 is 20.9 Å². The third kappa shape index (κ3) is 7.28. The van der Waals surface area contributed by atoms with Gasteiger partial charge in [-0.25, -0.2) is 8.78 Å². The summed E-state index contributed by atoms with van der Waals surface area (Å²) in [6, 6.07) is 11.5. The molecule has 0 spiro atoms. The van der Waals surface area contributed by atoms with Crippen molar-refractivity contribution in [2.45, 2.75) is 45.3 Å². The third-order valence-corrected chi connectivity index (χ3v) is 5.65. The fourth-order valence-corrected chi connectivity index (χ4v) is 3.68. The quantitative estimate of drug-likeness (QED) is 0.267. The molecule has 2 aromatic rings. The normalized spacial score (nSPS) is 16.7.